The average molecular weight is 419 g/mol. The van der Waals surface area contributed by atoms with Crippen LogP contribution in [-0.4, -0.2) is 58.7 Å². The fourth-order valence-corrected chi connectivity index (χ4v) is 4.41. The summed E-state index contributed by atoms with van der Waals surface area (Å²) >= 11 is 0. The maximum absolute atomic E-state index is 12.8. The third kappa shape index (κ3) is 4.39. The van der Waals surface area contributed by atoms with Crippen molar-refractivity contribution in [3.63, 3.8) is 0 Å². The molecule has 1 saturated heterocycles. The molecule has 0 spiro atoms. The Balaban J connectivity index is 1.74. The Labute approximate surface area is 168 Å². The highest BCUT2D eigenvalue weighted by Gasteiger charge is 2.33. The first-order valence-corrected chi connectivity index (χ1v) is 10.3. The third-order valence-electron chi connectivity index (χ3n) is 4.37. The van der Waals surface area contributed by atoms with Gasteiger partial charge in [0, 0.05) is 7.05 Å². The number of para-hydroxylation sites is 1. The lowest BCUT2D eigenvalue weighted by atomic mass is 10.1. The number of rotatable bonds is 6. The highest BCUT2D eigenvalue weighted by Crippen LogP contribution is 2.22. The van der Waals surface area contributed by atoms with Crippen LogP contribution in [0.5, 0.6) is 0 Å². The summed E-state index contributed by atoms with van der Waals surface area (Å²) in [6.45, 7) is -0.0254. The standard InChI is InChI=1S/C19H21N3O6S/c1-20-16-9-5-6-10-17(16)29(25,26)21-13-11-22(28-12-13)18(23)14-7-3-4-8-15(14)19(24)27-2/h3-10,13,20-21H,11-12H2,1-2H3. The van der Waals surface area contributed by atoms with Gasteiger partial charge in [-0.25, -0.2) is 23.0 Å². The van der Waals surface area contributed by atoms with E-state index in [1.165, 1.54) is 25.3 Å². The van der Waals surface area contributed by atoms with E-state index in [1.54, 1.807) is 37.4 Å². The molecule has 1 atom stereocenters. The molecule has 2 aromatic rings. The van der Waals surface area contributed by atoms with Crippen molar-refractivity contribution in [2.45, 2.75) is 10.9 Å². The van der Waals surface area contributed by atoms with Crippen molar-refractivity contribution in [2.75, 3.05) is 32.6 Å². The summed E-state index contributed by atoms with van der Waals surface area (Å²) in [6, 6.07) is 12.0. The van der Waals surface area contributed by atoms with Gasteiger partial charge in [0.15, 0.2) is 0 Å². The van der Waals surface area contributed by atoms with E-state index in [9.17, 15) is 18.0 Å². The molecule has 0 saturated carbocycles. The molecule has 9 nitrogen and oxygen atoms in total. The van der Waals surface area contributed by atoms with E-state index >= 15 is 0 Å². The molecule has 3 rings (SSSR count). The van der Waals surface area contributed by atoms with Crippen molar-refractivity contribution in [1.82, 2.24) is 9.79 Å². The topological polar surface area (TPSA) is 114 Å². The third-order valence-corrected chi connectivity index (χ3v) is 5.95. The Morgan fingerprint density at radius 1 is 1.10 bits per heavy atom. The highest BCUT2D eigenvalue weighted by atomic mass is 32.2. The van der Waals surface area contributed by atoms with Gasteiger partial charge in [-0.1, -0.05) is 24.3 Å². The van der Waals surface area contributed by atoms with Gasteiger partial charge in [-0.2, -0.15) is 0 Å². The second-order valence-corrected chi connectivity index (χ2v) is 7.95. The van der Waals surface area contributed by atoms with Crippen LogP contribution in [-0.2, 0) is 19.6 Å². The molecule has 0 bridgehead atoms. The van der Waals surface area contributed by atoms with Crippen LogP contribution >= 0.6 is 0 Å². The number of hydrogen-bond donors (Lipinski definition) is 2. The highest BCUT2D eigenvalue weighted by molar-refractivity contribution is 7.89. The second-order valence-electron chi connectivity index (χ2n) is 6.26. The summed E-state index contributed by atoms with van der Waals surface area (Å²) in [5.74, 6) is -1.20. The van der Waals surface area contributed by atoms with E-state index in [4.69, 9.17) is 9.57 Å². The number of carbonyl (C=O) groups is 2. The van der Waals surface area contributed by atoms with Gasteiger partial charge in [0.05, 0.1) is 43.1 Å². The molecule has 2 aromatic carbocycles. The first-order chi connectivity index (χ1) is 13.9. The molecule has 1 amide bonds. The van der Waals surface area contributed by atoms with E-state index < -0.39 is 27.9 Å². The summed E-state index contributed by atoms with van der Waals surface area (Å²) in [5, 5.41) is 3.88. The molecule has 1 heterocycles. The number of amides is 1. The number of anilines is 1. The SMILES string of the molecule is CNc1ccccc1S(=O)(=O)NC1CON(C(=O)c2ccccc2C(=O)OC)C1. The summed E-state index contributed by atoms with van der Waals surface area (Å²) in [4.78, 5) is 30.1. The van der Waals surface area contributed by atoms with Gasteiger partial charge in [-0.15, -0.1) is 0 Å². The summed E-state index contributed by atoms with van der Waals surface area (Å²) < 4.78 is 32.7. The molecule has 0 aliphatic carbocycles. The first-order valence-electron chi connectivity index (χ1n) is 8.78. The van der Waals surface area contributed by atoms with Crippen LogP contribution in [0.25, 0.3) is 0 Å². The quantitative estimate of drug-likeness (QED) is 0.678. The maximum atomic E-state index is 12.8. The fraction of sp³-hybridized carbons (Fsp3) is 0.263. The zero-order chi connectivity index (χ0) is 21.0. The number of esters is 1. The number of hydroxylamine groups is 2. The number of nitrogens with one attached hydrogen (secondary N) is 2. The van der Waals surface area contributed by atoms with Gasteiger partial charge in [0.25, 0.3) is 5.91 Å². The molecule has 0 radical (unpaired) electrons. The maximum Gasteiger partial charge on any atom is 0.338 e. The van der Waals surface area contributed by atoms with Gasteiger partial charge in [-0.3, -0.25) is 9.63 Å². The molecule has 1 fully saturated rings. The lowest BCUT2D eigenvalue weighted by Gasteiger charge is -2.17. The number of methoxy groups -OCH3 is 1. The monoisotopic (exact) mass is 419 g/mol. The van der Waals surface area contributed by atoms with Crippen LogP contribution in [0.3, 0.4) is 0 Å². The van der Waals surface area contributed by atoms with Crippen LogP contribution in [0, 0.1) is 0 Å². The summed E-state index contributed by atoms with van der Waals surface area (Å²) in [5.41, 5.74) is 0.679. The van der Waals surface area contributed by atoms with Crippen molar-refractivity contribution >= 4 is 27.6 Å². The van der Waals surface area contributed by atoms with Gasteiger partial charge < -0.3 is 10.1 Å². The summed E-state index contributed by atoms with van der Waals surface area (Å²) in [6.07, 6.45) is 0. The van der Waals surface area contributed by atoms with Gasteiger partial charge >= 0.3 is 5.97 Å². The molecule has 1 aliphatic heterocycles. The zero-order valence-corrected chi connectivity index (χ0v) is 16.7. The van der Waals surface area contributed by atoms with Crippen LogP contribution < -0.4 is 10.0 Å². The smallest absolute Gasteiger partial charge is 0.338 e. The molecule has 1 unspecified atom stereocenters. The van der Waals surface area contributed by atoms with Crippen molar-refractivity contribution in [3.8, 4) is 0 Å². The van der Waals surface area contributed by atoms with E-state index in [2.05, 4.69) is 10.0 Å². The largest absolute Gasteiger partial charge is 0.465 e. The van der Waals surface area contributed by atoms with Gasteiger partial charge in [0.1, 0.15) is 4.90 Å². The molecular weight excluding hydrogens is 398 g/mol. The normalized spacial score (nSPS) is 16.5. The van der Waals surface area contributed by atoms with Crippen LogP contribution in [0.1, 0.15) is 20.7 Å². The predicted molar refractivity (Wildman–Crippen MR) is 105 cm³/mol. The Bertz CT molecular complexity index is 1020. The van der Waals surface area contributed by atoms with E-state index in [1.807, 2.05) is 0 Å². The predicted octanol–water partition coefficient (Wildman–Crippen LogP) is 1.25. The first kappa shape index (κ1) is 20.8. The lowest BCUT2D eigenvalue weighted by molar-refractivity contribution is -0.0770. The molecular formula is C19H21N3O6S. The molecule has 1 aliphatic rings. The van der Waals surface area contributed by atoms with E-state index in [0.29, 0.717) is 5.69 Å². The fourth-order valence-electron chi connectivity index (χ4n) is 2.98. The zero-order valence-electron chi connectivity index (χ0n) is 15.9. The summed E-state index contributed by atoms with van der Waals surface area (Å²) in [7, 11) is -0.973. The number of nitrogens with zero attached hydrogens (tertiary/aromatic N) is 1. The minimum absolute atomic E-state index is 0.00467. The number of ether oxygens (including phenoxy) is 1. The van der Waals surface area contributed by atoms with Crippen molar-refractivity contribution < 1.29 is 27.6 Å². The number of hydrogen-bond acceptors (Lipinski definition) is 7. The lowest BCUT2D eigenvalue weighted by Crippen LogP contribution is -2.39. The molecule has 2 N–H and O–H groups in total. The Kier molecular flexibility index (Phi) is 6.16. The number of carbonyl (C=O) groups excluding carboxylic acids is 2. The van der Waals surface area contributed by atoms with Crippen LogP contribution in [0.2, 0.25) is 0 Å². The van der Waals surface area contributed by atoms with E-state index in [-0.39, 0.29) is 29.2 Å². The van der Waals surface area contributed by atoms with Crippen LogP contribution in [0.4, 0.5) is 5.69 Å². The Morgan fingerprint density at radius 2 is 1.76 bits per heavy atom. The van der Waals surface area contributed by atoms with Gasteiger partial charge in [-0.05, 0) is 24.3 Å². The molecule has 154 valence electrons. The Morgan fingerprint density at radius 3 is 2.45 bits per heavy atom. The van der Waals surface area contributed by atoms with E-state index in [0.717, 1.165) is 5.06 Å². The molecule has 0 aromatic heterocycles. The minimum atomic E-state index is -3.83. The van der Waals surface area contributed by atoms with Crippen molar-refractivity contribution in [1.29, 1.82) is 0 Å². The number of sulfonamides is 1. The minimum Gasteiger partial charge on any atom is -0.465 e. The van der Waals surface area contributed by atoms with Crippen LogP contribution in [0.15, 0.2) is 53.4 Å². The second kappa shape index (κ2) is 8.60. The molecule has 29 heavy (non-hydrogen) atoms. The number of benzene rings is 2. The van der Waals surface area contributed by atoms with Crippen molar-refractivity contribution in [3.05, 3.63) is 59.7 Å². The Hall–Kier alpha value is -2.95. The van der Waals surface area contributed by atoms with Gasteiger partial charge in [0.2, 0.25) is 10.0 Å². The molecule has 10 heteroatoms. The van der Waals surface area contributed by atoms with Crippen molar-refractivity contribution in [2.24, 2.45) is 0 Å². The average Bonchev–Trinajstić information content (AvgIpc) is 3.20.